The molecular weight excluding hydrogens is 325 g/mol. The van der Waals surface area contributed by atoms with E-state index in [4.69, 9.17) is 0 Å². The molecule has 0 radical (unpaired) electrons. The van der Waals surface area contributed by atoms with Gasteiger partial charge >= 0.3 is 5.69 Å². The van der Waals surface area contributed by atoms with E-state index in [-0.39, 0.29) is 23.8 Å². The molecule has 2 aromatic rings. The molecule has 7 heteroatoms. The summed E-state index contributed by atoms with van der Waals surface area (Å²) in [5.74, 6) is -0.659. The van der Waals surface area contributed by atoms with Crippen LogP contribution < -0.4 is 11.2 Å². The van der Waals surface area contributed by atoms with Crippen molar-refractivity contribution in [3.8, 4) is 0 Å². The summed E-state index contributed by atoms with van der Waals surface area (Å²) in [5, 5.41) is 0. The van der Waals surface area contributed by atoms with Gasteiger partial charge in [0, 0.05) is 39.5 Å². The molecule has 0 N–H and O–H groups in total. The summed E-state index contributed by atoms with van der Waals surface area (Å²) in [7, 11) is 2.91. The molecule has 0 atom stereocenters. The minimum Gasteiger partial charge on any atom is -0.335 e. The zero-order valence-electron chi connectivity index (χ0n) is 14.4. The van der Waals surface area contributed by atoms with Crippen LogP contribution in [-0.4, -0.2) is 26.5 Å². The molecule has 0 unspecified atom stereocenters. The standard InChI is InChI=1S/C18H20FN3O3/c1-4-22(11-13-6-5-7-15(19)10-13)16(23)9-8-14-12-20(2)18(25)21(3)17(14)24/h5-10,12H,4,11H2,1-3H3. The number of likely N-dealkylation sites (N-methyl/N-ethyl adjacent to an activating group) is 1. The van der Waals surface area contributed by atoms with Crippen molar-refractivity contribution in [2.45, 2.75) is 13.5 Å². The molecule has 0 bridgehead atoms. The average Bonchev–Trinajstić information content (AvgIpc) is 2.59. The van der Waals surface area contributed by atoms with E-state index in [2.05, 4.69) is 0 Å². The summed E-state index contributed by atoms with van der Waals surface area (Å²) in [6.07, 6.45) is 4.06. The van der Waals surface area contributed by atoms with Crippen molar-refractivity contribution in [2.24, 2.45) is 14.1 Å². The second-order valence-electron chi connectivity index (χ2n) is 5.66. The van der Waals surface area contributed by atoms with Crippen molar-refractivity contribution in [2.75, 3.05) is 6.54 Å². The zero-order valence-corrected chi connectivity index (χ0v) is 14.4. The Bertz CT molecular complexity index is 928. The number of hydrogen-bond acceptors (Lipinski definition) is 3. The first kappa shape index (κ1) is 18.4. The van der Waals surface area contributed by atoms with Gasteiger partial charge in [-0.15, -0.1) is 0 Å². The Morgan fingerprint density at radius 2 is 2.00 bits per heavy atom. The molecule has 0 aliphatic rings. The van der Waals surface area contributed by atoms with Crippen molar-refractivity contribution >= 4 is 12.0 Å². The van der Waals surface area contributed by atoms with E-state index in [1.807, 2.05) is 6.92 Å². The van der Waals surface area contributed by atoms with Gasteiger partial charge in [0.15, 0.2) is 0 Å². The van der Waals surface area contributed by atoms with Gasteiger partial charge in [-0.25, -0.2) is 9.18 Å². The maximum atomic E-state index is 13.3. The van der Waals surface area contributed by atoms with Gasteiger partial charge in [-0.05, 0) is 30.7 Å². The van der Waals surface area contributed by atoms with E-state index in [0.29, 0.717) is 12.1 Å². The molecule has 0 aliphatic heterocycles. The molecule has 1 amide bonds. The van der Waals surface area contributed by atoms with E-state index in [9.17, 15) is 18.8 Å². The Balaban J connectivity index is 2.21. The summed E-state index contributed by atoms with van der Waals surface area (Å²) < 4.78 is 15.5. The van der Waals surface area contributed by atoms with Crippen LogP contribution in [0.2, 0.25) is 0 Å². The molecule has 132 valence electrons. The Morgan fingerprint density at radius 3 is 2.64 bits per heavy atom. The lowest BCUT2D eigenvalue weighted by Gasteiger charge is -2.19. The second kappa shape index (κ2) is 7.74. The fraction of sp³-hybridized carbons (Fsp3) is 0.278. The van der Waals surface area contributed by atoms with E-state index < -0.39 is 11.2 Å². The van der Waals surface area contributed by atoms with E-state index in [0.717, 1.165) is 4.57 Å². The number of rotatable bonds is 5. The third-order valence-electron chi connectivity index (χ3n) is 3.83. The Morgan fingerprint density at radius 1 is 1.28 bits per heavy atom. The van der Waals surface area contributed by atoms with Crippen molar-refractivity contribution in [3.05, 3.63) is 74.3 Å². The van der Waals surface area contributed by atoms with Crippen LogP contribution in [0.15, 0.2) is 46.1 Å². The lowest BCUT2D eigenvalue weighted by atomic mass is 10.2. The number of carbonyl (C=O) groups is 1. The Labute approximate surface area is 144 Å². The second-order valence-corrected chi connectivity index (χ2v) is 5.66. The van der Waals surface area contributed by atoms with E-state index in [1.54, 1.807) is 12.1 Å². The minimum atomic E-state index is -0.472. The number of hydrogen-bond donors (Lipinski definition) is 0. The van der Waals surface area contributed by atoms with Crippen molar-refractivity contribution in [1.82, 2.24) is 14.0 Å². The highest BCUT2D eigenvalue weighted by atomic mass is 19.1. The maximum absolute atomic E-state index is 13.3. The van der Waals surface area contributed by atoms with Crippen molar-refractivity contribution in [1.29, 1.82) is 0 Å². The van der Waals surface area contributed by atoms with Crippen LogP contribution >= 0.6 is 0 Å². The quantitative estimate of drug-likeness (QED) is 0.767. The van der Waals surface area contributed by atoms with Gasteiger partial charge in [0.05, 0.1) is 5.56 Å². The SMILES string of the molecule is CCN(Cc1cccc(F)c1)C(=O)C=Cc1cn(C)c(=O)n(C)c1=O. The highest BCUT2D eigenvalue weighted by Crippen LogP contribution is 2.08. The van der Waals surface area contributed by atoms with E-state index >= 15 is 0 Å². The number of aromatic nitrogens is 2. The first-order chi connectivity index (χ1) is 11.8. The van der Waals surface area contributed by atoms with Gasteiger partial charge in [-0.2, -0.15) is 0 Å². The number of halogens is 1. The molecular formula is C18H20FN3O3. The van der Waals surface area contributed by atoms with Gasteiger partial charge in [0.2, 0.25) is 5.91 Å². The van der Waals surface area contributed by atoms with Gasteiger partial charge in [-0.3, -0.25) is 14.2 Å². The molecule has 1 aromatic heterocycles. The van der Waals surface area contributed by atoms with Crippen LogP contribution in [0.4, 0.5) is 4.39 Å². The maximum Gasteiger partial charge on any atom is 0.330 e. The fourth-order valence-electron chi connectivity index (χ4n) is 2.42. The summed E-state index contributed by atoms with van der Waals surface area (Å²) in [6.45, 7) is 2.52. The number of aryl methyl sites for hydroxylation is 1. The topological polar surface area (TPSA) is 64.3 Å². The first-order valence-electron chi connectivity index (χ1n) is 7.81. The summed E-state index contributed by atoms with van der Waals surface area (Å²) in [5.41, 5.74) is 0.0106. The predicted molar refractivity (Wildman–Crippen MR) is 93.4 cm³/mol. The first-order valence-corrected chi connectivity index (χ1v) is 7.81. The Kier molecular flexibility index (Phi) is 5.69. The highest BCUT2D eigenvalue weighted by molar-refractivity contribution is 5.91. The number of nitrogens with zero attached hydrogens (tertiary/aromatic N) is 3. The molecule has 0 saturated carbocycles. The zero-order chi connectivity index (χ0) is 18.6. The summed E-state index contributed by atoms with van der Waals surface area (Å²) >= 11 is 0. The number of amides is 1. The molecule has 0 aliphatic carbocycles. The molecule has 25 heavy (non-hydrogen) atoms. The van der Waals surface area contributed by atoms with Crippen LogP contribution in [-0.2, 0) is 25.4 Å². The van der Waals surface area contributed by atoms with Crippen LogP contribution in [0.5, 0.6) is 0 Å². The monoisotopic (exact) mass is 345 g/mol. The molecule has 1 aromatic carbocycles. The minimum absolute atomic E-state index is 0.236. The number of carbonyl (C=O) groups excluding carboxylic acids is 1. The average molecular weight is 345 g/mol. The van der Waals surface area contributed by atoms with E-state index in [1.165, 1.54) is 54.0 Å². The van der Waals surface area contributed by atoms with Gasteiger partial charge < -0.3 is 9.47 Å². The normalized spacial score (nSPS) is 11.0. The molecule has 1 heterocycles. The molecule has 6 nitrogen and oxygen atoms in total. The summed E-state index contributed by atoms with van der Waals surface area (Å²) in [4.78, 5) is 37.6. The van der Waals surface area contributed by atoms with Gasteiger partial charge in [0.25, 0.3) is 5.56 Å². The lowest BCUT2D eigenvalue weighted by molar-refractivity contribution is -0.126. The lowest BCUT2D eigenvalue weighted by Crippen LogP contribution is -2.37. The highest BCUT2D eigenvalue weighted by Gasteiger charge is 2.10. The van der Waals surface area contributed by atoms with Crippen molar-refractivity contribution < 1.29 is 9.18 Å². The smallest absolute Gasteiger partial charge is 0.330 e. The van der Waals surface area contributed by atoms with Crippen LogP contribution in [0, 0.1) is 5.82 Å². The van der Waals surface area contributed by atoms with Crippen LogP contribution in [0.25, 0.3) is 6.08 Å². The third-order valence-corrected chi connectivity index (χ3v) is 3.83. The largest absolute Gasteiger partial charge is 0.335 e. The number of benzene rings is 1. The Hall–Kier alpha value is -2.96. The molecule has 0 spiro atoms. The fourth-order valence-corrected chi connectivity index (χ4v) is 2.42. The predicted octanol–water partition coefficient (Wildman–Crippen LogP) is 1.28. The molecule has 0 saturated heterocycles. The molecule has 0 fully saturated rings. The van der Waals surface area contributed by atoms with Gasteiger partial charge in [0.1, 0.15) is 5.82 Å². The third kappa shape index (κ3) is 4.32. The van der Waals surface area contributed by atoms with Crippen LogP contribution in [0.3, 0.4) is 0 Å². The molecule has 2 rings (SSSR count). The van der Waals surface area contributed by atoms with Gasteiger partial charge in [-0.1, -0.05) is 12.1 Å². The van der Waals surface area contributed by atoms with Crippen molar-refractivity contribution in [3.63, 3.8) is 0 Å². The summed E-state index contributed by atoms with van der Waals surface area (Å²) in [6, 6.07) is 6.05. The van der Waals surface area contributed by atoms with Crippen LogP contribution in [0.1, 0.15) is 18.1 Å².